The third kappa shape index (κ3) is 4.98. The topological polar surface area (TPSA) is 15.3 Å². The van der Waals surface area contributed by atoms with E-state index in [9.17, 15) is 0 Å². The van der Waals surface area contributed by atoms with Gasteiger partial charge in [0.25, 0.3) is 0 Å². The van der Waals surface area contributed by atoms with Crippen molar-refractivity contribution in [2.24, 2.45) is 11.8 Å². The number of nitrogens with one attached hydrogen (secondary N) is 1. The highest BCUT2D eigenvalue weighted by atomic mass is 15.2. The zero-order valence-electron chi connectivity index (χ0n) is 10.9. The zero-order chi connectivity index (χ0) is 11.3. The maximum atomic E-state index is 3.59. The van der Waals surface area contributed by atoms with E-state index >= 15 is 0 Å². The Morgan fingerprint density at radius 2 is 2.07 bits per heavy atom. The van der Waals surface area contributed by atoms with Gasteiger partial charge in [0.15, 0.2) is 0 Å². The highest BCUT2D eigenvalue weighted by molar-refractivity contribution is 4.81. The summed E-state index contributed by atoms with van der Waals surface area (Å²) in [6.07, 6.45) is 2.69. The number of hydrogen-bond donors (Lipinski definition) is 1. The van der Waals surface area contributed by atoms with E-state index in [2.05, 4.69) is 37.9 Å². The van der Waals surface area contributed by atoms with Gasteiger partial charge in [0.2, 0.25) is 0 Å². The molecule has 1 N–H and O–H groups in total. The molecule has 0 aromatic carbocycles. The number of likely N-dealkylation sites (tertiary alicyclic amines) is 1. The van der Waals surface area contributed by atoms with Crippen molar-refractivity contribution in [3.8, 4) is 0 Å². The van der Waals surface area contributed by atoms with Crippen LogP contribution in [-0.2, 0) is 0 Å². The van der Waals surface area contributed by atoms with Crippen molar-refractivity contribution in [1.82, 2.24) is 10.2 Å². The van der Waals surface area contributed by atoms with Crippen LogP contribution in [0.4, 0.5) is 0 Å². The first-order chi connectivity index (χ1) is 7.11. The van der Waals surface area contributed by atoms with Gasteiger partial charge in [-0.3, -0.25) is 0 Å². The summed E-state index contributed by atoms with van der Waals surface area (Å²) in [6.45, 7) is 14.2. The van der Waals surface area contributed by atoms with Crippen molar-refractivity contribution in [1.29, 1.82) is 0 Å². The van der Waals surface area contributed by atoms with Crippen LogP contribution in [0.1, 0.15) is 40.5 Å². The van der Waals surface area contributed by atoms with Crippen LogP contribution >= 0.6 is 0 Å². The van der Waals surface area contributed by atoms with Gasteiger partial charge in [-0.05, 0) is 37.8 Å². The van der Waals surface area contributed by atoms with Crippen molar-refractivity contribution in [3.63, 3.8) is 0 Å². The molecule has 1 rings (SSSR count). The Kier molecular flexibility index (Phi) is 5.62. The summed E-state index contributed by atoms with van der Waals surface area (Å²) in [6, 6.07) is 0.728. The molecule has 1 aliphatic rings. The van der Waals surface area contributed by atoms with E-state index in [4.69, 9.17) is 0 Å². The van der Waals surface area contributed by atoms with E-state index in [1.807, 2.05) is 0 Å². The van der Waals surface area contributed by atoms with Crippen molar-refractivity contribution < 1.29 is 0 Å². The van der Waals surface area contributed by atoms with Crippen molar-refractivity contribution in [2.75, 3.05) is 26.2 Å². The van der Waals surface area contributed by atoms with Gasteiger partial charge >= 0.3 is 0 Å². The fourth-order valence-corrected chi connectivity index (χ4v) is 2.52. The first-order valence-corrected chi connectivity index (χ1v) is 6.57. The summed E-state index contributed by atoms with van der Waals surface area (Å²) in [5, 5.41) is 3.59. The Hall–Kier alpha value is -0.0800. The van der Waals surface area contributed by atoms with Crippen LogP contribution in [-0.4, -0.2) is 37.1 Å². The van der Waals surface area contributed by atoms with Crippen LogP contribution in [0.25, 0.3) is 0 Å². The van der Waals surface area contributed by atoms with Gasteiger partial charge in [-0.25, -0.2) is 0 Å². The highest BCUT2D eigenvalue weighted by Crippen LogP contribution is 2.17. The van der Waals surface area contributed by atoms with Gasteiger partial charge in [-0.15, -0.1) is 0 Å². The molecule has 1 saturated heterocycles. The lowest BCUT2D eigenvalue weighted by Gasteiger charge is -2.37. The first-order valence-electron chi connectivity index (χ1n) is 6.57. The molecule has 1 heterocycles. The number of piperidine rings is 1. The van der Waals surface area contributed by atoms with Crippen LogP contribution in [0, 0.1) is 11.8 Å². The maximum Gasteiger partial charge on any atom is 0.0197 e. The molecule has 0 aliphatic carbocycles. The molecule has 0 saturated carbocycles. The lowest BCUT2D eigenvalue weighted by atomic mass is 9.95. The lowest BCUT2D eigenvalue weighted by molar-refractivity contribution is 0.144. The quantitative estimate of drug-likeness (QED) is 0.752. The molecule has 15 heavy (non-hydrogen) atoms. The Balaban J connectivity index is 2.31. The van der Waals surface area contributed by atoms with Crippen LogP contribution < -0.4 is 5.32 Å². The smallest absolute Gasteiger partial charge is 0.0197 e. The van der Waals surface area contributed by atoms with Gasteiger partial charge in [-0.2, -0.15) is 0 Å². The number of rotatable bonds is 5. The van der Waals surface area contributed by atoms with E-state index in [1.165, 1.54) is 32.5 Å². The minimum absolute atomic E-state index is 0.728. The van der Waals surface area contributed by atoms with Gasteiger partial charge in [0.1, 0.15) is 0 Å². The summed E-state index contributed by atoms with van der Waals surface area (Å²) in [5.74, 6) is 1.69. The average Bonchev–Trinajstić information content (AvgIpc) is 2.14. The van der Waals surface area contributed by atoms with E-state index in [1.54, 1.807) is 0 Å². The Morgan fingerprint density at radius 3 is 2.67 bits per heavy atom. The molecule has 0 amide bonds. The molecule has 2 unspecified atom stereocenters. The standard InChI is InChI=1S/C13H28N2/c1-5-14-13-8-12(4)9-15(10-13)7-6-11(2)3/h11-14H,5-10H2,1-4H3. The molecule has 0 bridgehead atoms. The third-order valence-electron chi connectivity index (χ3n) is 3.25. The third-order valence-corrected chi connectivity index (χ3v) is 3.25. The molecule has 90 valence electrons. The normalized spacial score (nSPS) is 28.6. The van der Waals surface area contributed by atoms with Gasteiger partial charge in [0, 0.05) is 19.1 Å². The average molecular weight is 212 g/mol. The molecular weight excluding hydrogens is 184 g/mol. The monoisotopic (exact) mass is 212 g/mol. The highest BCUT2D eigenvalue weighted by Gasteiger charge is 2.23. The Bertz CT molecular complexity index is 168. The van der Waals surface area contributed by atoms with Gasteiger partial charge < -0.3 is 10.2 Å². The maximum absolute atomic E-state index is 3.59. The van der Waals surface area contributed by atoms with Crippen LogP contribution in [0.3, 0.4) is 0 Å². The van der Waals surface area contributed by atoms with Crippen molar-refractivity contribution in [3.05, 3.63) is 0 Å². The SMILES string of the molecule is CCNC1CC(C)CN(CCC(C)C)C1. The Morgan fingerprint density at radius 1 is 1.33 bits per heavy atom. The molecule has 1 aliphatic heterocycles. The van der Waals surface area contributed by atoms with Crippen LogP contribution in [0.2, 0.25) is 0 Å². The van der Waals surface area contributed by atoms with E-state index < -0.39 is 0 Å². The largest absolute Gasteiger partial charge is 0.313 e. The van der Waals surface area contributed by atoms with Crippen molar-refractivity contribution >= 4 is 0 Å². The minimum Gasteiger partial charge on any atom is -0.313 e. The summed E-state index contributed by atoms with van der Waals surface area (Å²) in [7, 11) is 0. The number of likely N-dealkylation sites (N-methyl/N-ethyl adjacent to an activating group) is 1. The fraction of sp³-hybridized carbons (Fsp3) is 1.00. The van der Waals surface area contributed by atoms with Crippen LogP contribution in [0.5, 0.6) is 0 Å². The fourth-order valence-electron chi connectivity index (χ4n) is 2.52. The molecule has 0 aromatic heterocycles. The number of nitrogens with zero attached hydrogens (tertiary/aromatic N) is 1. The van der Waals surface area contributed by atoms with Gasteiger partial charge in [0.05, 0.1) is 0 Å². The summed E-state index contributed by atoms with van der Waals surface area (Å²) < 4.78 is 0. The summed E-state index contributed by atoms with van der Waals surface area (Å²) >= 11 is 0. The predicted octanol–water partition coefficient (Wildman–Crippen LogP) is 2.35. The molecule has 0 radical (unpaired) electrons. The lowest BCUT2D eigenvalue weighted by Crippen LogP contribution is -2.48. The molecule has 1 fully saturated rings. The number of hydrogen-bond acceptors (Lipinski definition) is 2. The summed E-state index contributed by atoms with van der Waals surface area (Å²) in [4.78, 5) is 2.64. The minimum atomic E-state index is 0.728. The molecule has 2 atom stereocenters. The molecule has 2 heteroatoms. The molecule has 0 aromatic rings. The first kappa shape index (κ1) is 13.0. The molecule has 0 spiro atoms. The second-order valence-electron chi connectivity index (χ2n) is 5.54. The van der Waals surface area contributed by atoms with E-state index in [0.29, 0.717) is 0 Å². The van der Waals surface area contributed by atoms with E-state index in [0.717, 1.165) is 24.4 Å². The Labute approximate surface area is 95.4 Å². The van der Waals surface area contributed by atoms with E-state index in [-0.39, 0.29) is 0 Å². The second-order valence-corrected chi connectivity index (χ2v) is 5.54. The predicted molar refractivity (Wildman–Crippen MR) is 67.1 cm³/mol. The second kappa shape index (κ2) is 6.49. The zero-order valence-corrected chi connectivity index (χ0v) is 10.9. The van der Waals surface area contributed by atoms with Crippen molar-refractivity contribution in [2.45, 2.75) is 46.6 Å². The van der Waals surface area contributed by atoms with Crippen LogP contribution in [0.15, 0.2) is 0 Å². The summed E-state index contributed by atoms with van der Waals surface area (Å²) in [5.41, 5.74) is 0. The molecular formula is C13H28N2. The molecule has 2 nitrogen and oxygen atoms in total. The van der Waals surface area contributed by atoms with Gasteiger partial charge in [-0.1, -0.05) is 27.7 Å².